The molecule has 0 heterocycles. The lowest BCUT2D eigenvalue weighted by atomic mass is 10.2. The van der Waals surface area contributed by atoms with Crippen molar-refractivity contribution in [3.8, 4) is 17.2 Å². The van der Waals surface area contributed by atoms with Gasteiger partial charge in [-0.05, 0) is 38.3 Å². The highest BCUT2D eigenvalue weighted by Crippen LogP contribution is 2.36. The van der Waals surface area contributed by atoms with Gasteiger partial charge in [0.1, 0.15) is 6.61 Å². The summed E-state index contributed by atoms with van der Waals surface area (Å²) >= 11 is 0. The number of rotatable bonds is 19. The standard InChI is InChI=1S/C16H26O4.2C5H12O2.C2H6O/c1-4-5-6-7-11-19-12-13-20-16-14(17-2)9-8-10-15(16)18-3;2*1-2-4-7-5-3-6;1-2-3/h8-10H,4-7,11-13H2,1-3H3;2*6H,2-5H2,1H3;3H,2H2,1H3. The van der Waals surface area contributed by atoms with Crippen molar-refractivity contribution in [1.82, 2.24) is 0 Å². The lowest BCUT2D eigenvalue weighted by Gasteiger charge is -2.14. The molecular formula is C28H56O9. The van der Waals surface area contributed by atoms with E-state index in [0.29, 0.717) is 43.7 Å². The largest absolute Gasteiger partial charge is 0.493 e. The Morgan fingerprint density at radius 1 is 0.568 bits per heavy atom. The number of unbranched alkanes of at least 4 members (excludes halogenated alkanes) is 3. The summed E-state index contributed by atoms with van der Waals surface area (Å²) in [6.45, 7) is 12.8. The molecule has 0 spiro atoms. The first-order valence-corrected chi connectivity index (χ1v) is 13.5. The van der Waals surface area contributed by atoms with Crippen molar-refractivity contribution in [2.45, 2.75) is 66.2 Å². The van der Waals surface area contributed by atoms with Crippen LogP contribution in [0.2, 0.25) is 0 Å². The molecule has 9 heteroatoms. The predicted molar refractivity (Wildman–Crippen MR) is 149 cm³/mol. The normalized spacial score (nSPS) is 9.65. The maximum absolute atomic E-state index is 8.17. The first-order valence-electron chi connectivity index (χ1n) is 13.5. The third-order valence-electron chi connectivity index (χ3n) is 4.17. The molecule has 9 nitrogen and oxygen atoms in total. The Morgan fingerprint density at radius 2 is 1.05 bits per heavy atom. The van der Waals surface area contributed by atoms with Crippen LogP contribution in [0.5, 0.6) is 17.2 Å². The predicted octanol–water partition coefficient (Wildman–Crippen LogP) is 4.49. The molecular weight excluding hydrogens is 480 g/mol. The van der Waals surface area contributed by atoms with Gasteiger partial charge >= 0.3 is 0 Å². The highest BCUT2D eigenvalue weighted by atomic mass is 16.6. The fourth-order valence-electron chi connectivity index (χ4n) is 2.52. The Morgan fingerprint density at radius 3 is 1.46 bits per heavy atom. The molecule has 0 aliphatic heterocycles. The molecule has 0 saturated carbocycles. The van der Waals surface area contributed by atoms with Crippen LogP contribution in [0.1, 0.15) is 66.2 Å². The van der Waals surface area contributed by atoms with Gasteiger partial charge < -0.3 is 43.7 Å². The zero-order valence-corrected chi connectivity index (χ0v) is 24.3. The van der Waals surface area contributed by atoms with E-state index in [0.717, 1.165) is 39.1 Å². The van der Waals surface area contributed by atoms with Crippen LogP contribution in [-0.4, -0.2) is 95.6 Å². The molecule has 0 atom stereocenters. The maximum Gasteiger partial charge on any atom is 0.203 e. The molecule has 0 fully saturated rings. The van der Waals surface area contributed by atoms with Gasteiger partial charge in [-0.15, -0.1) is 0 Å². The van der Waals surface area contributed by atoms with E-state index >= 15 is 0 Å². The van der Waals surface area contributed by atoms with E-state index in [1.807, 2.05) is 32.0 Å². The second kappa shape index (κ2) is 36.5. The van der Waals surface area contributed by atoms with Crippen LogP contribution in [0.15, 0.2) is 18.2 Å². The number of ether oxygens (including phenoxy) is 6. The van der Waals surface area contributed by atoms with E-state index in [1.54, 1.807) is 21.1 Å². The summed E-state index contributed by atoms with van der Waals surface area (Å²) in [5.41, 5.74) is 0. The van der Waals surface area contributed by atoms with Gasteiger partial charge in [0, 0.05) is 26.4 Å². The summed E-state index contributed by atoms with van der Waals surface area (Å²) in [4.78, 5) is 0. The van der Waals surface area contributed by atoms with Gasteiger partial charge in [-0.3, -0.25) is 0 Å². The fourth-order valence-corrected chi connectivity index (χ4v) is 2.52. The quantitative estimate of drug-likeness (QED) is 0.220. The van der Waals surface area contributed by atoms with Gasteiger partial charge in [0.2, 0.25) is 5.75 Å². The minimum absolute atomic E-state index is 0.139. The topological polar surface area (TPSA) is 116 Å². The van der Waals surface area contributed by atoms with Crippen LogP contribution >= 0.6 is 0 Å². The highest BCUT2D eigenvalue weighted by molar-refractivity contribution is 5.51. The first kappa shape index (κ1) is 39.9. The average molecular weight is 537 g/mol. The van der Waals surface area contributed by atoms with Crippen LogP contribution < -0.4 is 14.2 Å². The molecule has 0 amide bonds. The van der Waals surface area contributed by atoms with Crippen molar-refractivity contribution in [2.24, 2.45) is 0 Å². The molecule has 0 aromatic heterocycles. The average Bonchev–Trinajstić information content (AvgIpc) is 2.92. The summed E-state index contributed by atoms with van der Waals surface area (Å²) in [5.74, 6) is 1.98. The van der Waals surface area contributed by atoms with E-state index in [4.69, 9.17) is 43.7 Å². The number of hydrogen-bond donors (Lipinski definition) is 3. The number of methoxy groups -OCH3 is 2. The Labute approximate surface area is 226 Å². The van der Waals surface area contributed by atoms with Gasteiger partial charge in [0.05, 0.1) is 47.3 Å². The number of aliphatic hydroxyl groups excluding tert-OH is 3. The second-order valence-electron chi connectivity index (χ2n) is 7.50. The summed E-state index contributed by atoms with van der Waals surface area (Å²) in [6.07, 6.45) is 6.93. The van der Waals surface area contributed by atoms with Crippen LogP contribution in [-0.2, 0) is 14.2 Å². The number of benzene rings is 1. The molecule has 0 saturated heterocycles. The Balaban J connectivity index is -0.000000556. The minimum atomic E-state index is 0.139. The number of aliphatic hydroxyl groups is 3. The van der Waals surface area contributed by atoms with Crippen LogP contribution in [0.3, 0.4) is 0 Å². The summed E-state index contributed by atoms with van der Waals surface area (Å²) < 4.78 is 31.5. The van der Waals surface area contributed by atoms with E-state index in [1.165, 1.54) is 19.3 Å². The van der Waals surface area contributed by atoms with Crippen molar-refractivity contribution in [3.05, 3.63) is 18.2 Å². The molecule has 1 aromatic rings. The van der Waals surface area contributed by atoms with E-state index in [2.05, 4.69) is 6.92 Å². The van der Waals surface area contributed by atoms with Crippen molar-refractivity contribution in [2.75, 3.05) is 80.3 Å². The van der Waals surface area contributed by atoms with E-state index in [9.17, 15) is 0 Å². The molecule has 222 valence electrons. The van der Waals surface area contributed by atoms with E-state index in [-0.39, 0.29) is 19.8 Å². The smallest absolute Gasteiger partial charge is 0.203 e. The van der Waals surface area contributed by atoms with Gasteiger partial charge in [-0.1, -0.05) is 46.1 Å². The van der Waals surface area contributed by atoms with Gasteiger partial charge in [-0.2, -0.15) is 0 Å². The van der Waals surface area contributed by atoms with Crippen molar-refractivity contribution in [1.29, 1.82) is 0 Å². The van der Waals surface area contributed by atoms with Crippen molar-refractivity contribution >= 4 is 0 Å². The first-order chi connectivity index (χ1) is 18.1. The third-order valence-corrected chi connectivity index (χ3v) is 4.17. The lowest BCUT2D eigenvalue weighted by molar-refractivity contribution is 0.0928. The molecule has 0 aliphatic carbocycles. The Kier molecular flexibility index (Phi) is 39.4. The monoisotopic (exact) mass is 536 g/mol. The van der Waals surface area contributed by atoms with Crippen LogP contribution in [0.4, 0.5) is 0 Å². The second-order valence-corrected chi connectivity index (χ2v) is 7.50. The molecule has 0 unspecified atom stereocenters. The maximum atomic E-state index is 8.17. The molecule has 0 aliphatic rings. The van der Waals surface area contributed by atoms with Gasteiger partial charge in [-0.25, -0.2) is 0 Å². The highest BCUT2D eigenvalue weighted by Gasteiger charge is 2.10. The molecule has 0 radical (unpaired) electrons. The minimum Gasteiger partial charge on any atom is -0.493 e. The zero-order chi connectivity index (χ0) is 28.4. The van der Waals surface area contributed by atoms with Crippen molar-refractivity contribution < 1.29 is 43.7 Å². The molecule has 37 heavy (non-hydrogen) atoms. The Bertz CT molecular complexity index is 490. The lowest BCUT2D eigenvalue weighted by Crippen LogP contribution is -2.09. The number of para-hydroxylation sites is 1. The zero-order valence-electron chi connectivity index (χ0n) is 24.3. The molecule has 3 N–H and O–H groups in total. The molecule has 0 bridgehead atoms. The fraction of sp³-hybridized carbons (Fsp3) is 0.786. The van der Waals surface area contributed by atoms with Gasteiger partial charge in [0.25, 0.3) is 0 Å². The van der Waals surface area contributed by atoms with Crippen LogP contribution in [0.25, 0.3) is 0 Å². The van der Waals surface area contributed by atoms with E-state index < -0.39 is 0 Å². The molecule has 1 rings (SSSR count). The summed E-state index contributed by atoms with van der Waals surface area (Å²) in [7, 11) is 3.23. The summed E-state index contributed by atoms with van der Waals surface area (Å²) in [6, 6.07) is 5.57. The summed E-state index contributed by atoms with van der Waals surface area (Å²) in [5, 5.41) is 23.9. The van der Waals surface area contributed by atoms with Crippen LogP contribution in [0, 0.1) is 0 Å². The number of hydrogen-bond acceptors (Lipinski definition) is 9. The third kappa shape index (κ3) is 30.5. The Hall–Kier alpha value is -1.62. The van der Waals surface area contributed by atoms with Crippen molar-refractivity contribution in [3.63, 3.8) is 0 Å². The van der Waals surface area contributed by atoms with Gasteiger partial charge in [0.15, 0.2) is 11.5 Å². The SMILES string of the molecule is CCCCCCOCCOc1c(OC)cccc1OC.CCCOCCO.CCCOCCO.CCO. The molecule has 1 aromatic carbocycles.